The molecule has 0 atom stereocenters. The summed E-state index contributed by atoms with van der Waals surface area (Å²) in [5.74, 6) is -0.145. The Balaban J connectivity index is 1.65. The van der Waals surface area contributed by atoms with Crippen LogP contribution in [-0.4, -0.2) is 30.0 Å². The molecule has 7 heteroatoms. The molecule has 168 valence electrons. The van der Waals surface area contributed by atoms with Crippen molar-refractivity contribution in [2.75, 3.05) is 18.4 Å². The molecule has 0 radical (unpaired) electrons. The Morgan fingerprint density at radius 3 is 2.39 bits per heavy atom. The number of nitrogens with one attached hydrogen (secondary N) is 1. The number of benzene rings is 3. The van der Waals surface area contributed by atoms with Gasteiger partial charge in [-0.05, 0) is 60.5 Å². The first kappa shape index (κ1) is 23.5. The molecule has 0 spiro atoms. The lowest BCUT2D eigenvalue weighted by molar-refractivity contribution is 0.0742. The third-order valence-electron chi connectivity index (χ3n) is 4.94. The van der Waals surface area contributed by atoms with Crippen molar-refractivity contribution in [3.8, 4) is 6.07 Å². The molecule has 0 aromatic heterocycles. The topological polar surface area (TPSA) is 108 Å². The number of nitrogens with two attached hydrogens (primary N) is 1. The molecule has 3 rings (SSSR count). The zero-order valence-corrected chi connectivity index (χ0v) is 18.2. The molecular weight excluding hydrogens is 416 g/mol. The van der Waals surface area contributed by atoms with E-state index in [1.54, 1.807) is 35.2 Å². The number of nitriles is 1. The normalized spacial score (nSPS) is 10.2. The second-order valence-electron chi connectivity index (χ2n) is 7.45. The fraction of sp³-hybridized carbons (Fsp3) is 0.192. The molecule has 2 amide bonds. The van der Waals surface area contributed by atoms with E-state index in [1.165, 1.54) is 0 Å². The van der Waals surface area contributed by atoms with Gasteiger partial charge < -0.3 is 15.4 Å². The van der Waals surface area contributed by atoms with E-state index in [9.17, 15) is 9.59 Å². The molecule has 0 heterocycles. The van der Waals surface area contributed by atoms with E-state index in [1.807, 2.05) is 48.5 Å². The second-order valence-corrected chi connectivity index (χ2v) is 7.45. The Labute approximate surface area is 193 Å². The molecule has 7 nitrogen and oxygen atoms in total. The summed E-state index contributed by atoms with van der Waals surface area (Å²) in [6, 6.07) is 25.3. The Morgan fingerprint density at radius 2 is 1.70 bits per heavy atom. The van der Waals surface area contributed by atoms with Crippen LogP contribution in [0, 0.1) is 11.3 Å². The predicted octanol–water partition coefficient (Wildman–Crippen LogP) is 4.30. The highest BCUT2D eigenvalue weighted by molar-refractivity contribution is 5.94. The van der Waals surface area contributed by atoms with Crippen LogP contribution in [0.5, 0.6) is 0 Å². The number of hydrogen-bond donors (Lipinski definition) is 2. The van der Waals surface area contributed by atoms with Crippen molar-refractivity contribution in [1.82, 2.24) is 4.90 Å². The monoisotopic (exact) mass is 442 g/mol. The maximum Gasteiger partial charge on any atom is 0.411 e. The molecule has 0 saturated carbocycles. The van der Waals surface area contributed by atoms with Crippen LogP contribution >= 0.6 is 0 Å². The summed E-state index contributed by atoms with van der Waals surface area (Å²) in [5.41, 5.74) is 9.00. The van der Waals surface area contributed by atoms with E-state index in [0.717, 1.165) is 11.1 Å². The summed E-state index contributed by atoms with van der Waals surface area (Å²) in [6.07, 6.45) is 0.107. The van der Waals surface area contributed by atoms with Crippen molar-refractivity contribution in [2.24, 2.45) is 5.73 Å². The number of nitrogens with zero attached hydrogens (tertiary/aromatic N) is 2. The standard InChI is InChI=1S/C26H26N4O3/c27-14-5-15-30(25(31)23-12-10-20(17-28)11-13-23)18-22-8-4-9-24(16-22)29-26(32)33-19-21-6-2-1-3-7-21/h1-4,6-13,16H,5,14-15,18-19,27H2,(H,29,32). The molecule has 3 aromatic rings. The van der Waals surface area contributed by atoms with Gasteiger partial charge in [-0.2, -0.15) is 5.26 Å². The second kappa shape index (κ2) is 12.0. The third kappa shape index (κ3) is 7.20. The van der Waals surface area contributed by atoms with Gasteiger partial charge in [0.25, 0.3) is 5.91 Å². The summed E-state index contributed by atoms with van der Waals surface area (Å²) in [5, 5.41) is 11.7. The summed E-state index contributed by atoms with van der Waals surface area (Å²) in [7, 11) is 0. The number of ether oxygens (including phenoxy) is 1. The average Bonchev–Trinajstić information content (AvgIpc) is 2.86. The Bertz CT molecular complexity index is 1110. The summed E-state index contributed by atoms with van der Waals surface area (Å²) in [4.78, 5) is 26.9. The van der Waals surface area contributed by atoms with Gasteiger partial charge in [0, 0.05) is 24.3 Å². The van der Waals surface area contributed by atoms with Crippen molar-refractivity contribution >= 4 is 17.7 Å². The van der Waals surface area contributed by atoms with Crippen LogP contribution in [0.2, 0.25) is 0 Å². The van der Waals surface area contributed by atoms with Crippen LogP contribution in [0.3, 0.4) is 0 Å². The van der Waals surface area contributed by atoms with Crippen molar-refractivity contribution < 1.29 is 14.3 Å². The molecule has 0 aliphatic heterocycles. The summed E-state index contributed by atoms with van der Waals surface area (Å²) >= 11 is 0. The predicted molar refractivity (Wildman–Crippen MR) is 126 cm³/mol. The molecule has 0 aliphatic rings. The van der Waals surface area contributed by atoms with Crippen LogP contribution in [0.25, 0.3) is 0 Å². The maximum absolute atomic E-state index is 13.0. The lowest BCUT2D eigenvalue weighted by Gasteiger charge is -2.23. The van der Waals surface area contributed by atoms with Crippen molar-refractivity contribution in [3.05, 3.63) is 101 Å². The molecule has 0 fully saturated rings. The van der Waals surface area contributed by atoms with Gasteiger partial charge >= 0.3 is 6.09 Å². The van der Waals surface area contributed by atoms with Crippen molar-refractivity contribution in [3.63, 3.8) is 0 Å². The van der Waals surface area contributed by atoms with Crippen molar-refractivity contribution in [1.29, 1.82) is 5.26 Å². The minimum atomic E-state index is -0.551. The van der Waals surface area contributed by atoms with Gasteiger partial charge in [0.2, 0.25) is 0 Å². The van der Waals surface area contributed by atoms with E-state index < -0.39 is 6.09 Å². The van der Waals surface area contributed by atoms with Crippen LogP contribution in [0.1, 0.15) is 33.5 Å². The SMILES string of the molecule is N#Cc1ccc(C(=O)N(CCCN)Cc2cccc(NC(=O)OCc3ccccc3)c2)cc1. The first-order valence-electron chi connectivity index (χ1n) is 10.6. The van der Waals surface area contributed by atoms with E-state index in [0.29, 0.717) is 42.9 Å². The minimum Gasteiger partial charge on any atom is -0.444 e. The van der Waals surface area contributed by atoms with E-state index in [4.69, 9.17) is 15.7 Å². The van der Waals surface area contributed by atoms with Gasteiger partial charge in [-0.3, -0.25) is 10.1 Å². The lowest BCUT2D eigenvalue weighted by Crippen LogP contribution is -2.32. The zero-order chi connectivity index (χ0) is 23.5. The van der Waals surface area contributed by atoms with E-state index in [2.05, 4.69) is 11.4 Å². The van der Waals surface area contributed by atoms with Gasteiger partial charge in [0.15, 0.2) is 0 Å². The molecular formula is C26H26N4O3. The number of hydrogen-bond acceptors (Lipinski definition) is 5. The average molecular weight is 443 g/mol. The zero-order valence-electron chi connectivity index (χ0n) is 18.2. The number of rotatable bonds is 9. The molecule has 0 bridgehead atoms. The lowest BCUT2D eigenvalue weighted by atomic mass is 10.1. The number of carbonyl (C=O) groups excluding carboxylic acids is 2. The third-order valence-corrected chi connectivity index (χ3v) is 4.94. The number of anilines is 1. The fourth-order valence-electron chi connectivity index (χ4n) is 3.25. The van der Waals surface area contributed by atoms with E-state index in [-0.39, 0.29) is 12.5 Å². The molecule has 0 aliphatic carbocycles. The summed E-state index contributed by atoms with van der Waals surface area (Å²) in [6.45, 7) is 1.49. The first-order chi connectivity index (χ1) is 16.1. The van der Waals surface area contributed by atoms with Crippen LogP contribution in [-0.2, 0) is 17.9 Å². The Kier molecular flexibility index (Phi) is 8.57. The Morgan fingerprint density at radius 1 is 0.970 bits per heavy atom. The van der Waals surface area contributed by atoms with Gasteiger partial charge in [0.05, 0.1) is 11.6 Å². The molecule has 3 aromatic carbocycles. The van der Waals surface area contributed by atoms with Crippen LogP contribution < -0.4 is 11.1 Å². The highest BCUT2D eigenvalue weighted by atomic mass is 16.5. The van der Waals surface area contributed by atoms with Crippen molar-refractivity contribution in [2.45, 2.75) is 19.6 Å². The highest BCUT2D eigenvalue weighted by Crippen LogP contribution is 2.16. The van der Waals surface area contributed by atoms with Gasteiger partial charge in [-0.25, -0.2) is 4.79 Å². The molecule has 0 unspecified atom stereocenters. The smallest absolute Gasteiger partial charge is 0.411 e. The van der Waals surface area contributed by atoms with Gasteiger partial charge in [-0.1, -0.05) is 42.5 Å². The Hall–Kier alpha value is -4.15. The molecule has 33 heavy (non-hydrogen) atoms. The number of amides is 2. The highest BCUT2D eigenvalue weighted by Gasteiger charge is 2.16. The minimum absolute atomic E-state index is 0.145. The quantitative estimate of drug-likeness (QED) is 0.514. The number of carbonyl (C=O) groups is 2. The largest absolute Gasteiger partial charge is 0.444 e. The fourth-order valence-corrected chi connectivity index (χ4v) is 3.25. The first-order valence-corrected chi connectivity index (χ1v) is 10.6. The maximum atomic E-state index is 13.0. The molecule has 3 N–H and O–H groups in total. The van der Waals surface area contributed by atoms with E-state index >= 15 is 0 Å². The van der Waals surface area contributed by atoms with Crippen LogP contribution in [0.4, 0.5) is 10.5 Å². The van der Waals surface area contributed by atoms with Gasteiger partial charge in [-0.15, -0.1) is 0 Å². The van der Waals surface area contributed by atoms with Gasteiger partial charge in [0.1, 0.15) is 6.61 Å². The summed E-state index contributed by atoms with van der Waals surface area (Å²) < 4.78 is 5.27. The molecule has 0 saturated heterocycles. The van der Waals surface area contributed by atoms with Crippen LogP contribution in [0.15, 0.2) is 78.9 Å².